The number of nitrogens with two attached hydrogens (primary N) is 1. The molecule has 6 heteroatoms. The van der Waals surface area contributed by atoms with E-state index in [1.807, 2.05) is 18.0 Å². The van der Waals surface area contributed by atoms with E-state index >= 15 is 0 Å². The minimum atomic E-state index is -0.216. The van der Waals surface area contributed by atoms with Crippen molar-refractivity contribution < 1.29 is 4.79 Å². The monoisotopic (exact) mass is 235 g/mol. The van der Waals surface area contributed by atoms with Gasteiger partial charge in [0.2, 0.25) is 0 Å². The number of aromatic nitrogens is 1. The Morgan fingerprint density at radius 1 is 1.65 bits per heavy atom. The molecule has 0 aliphatic rings. The fourth-order valence-corrected chi connectivity index (χ4v) is 1.33. The third-order valence-corrected chi connectivity index (χ3v) is 2.36. The molecule has 1 amide bonds. The standard InChI is InChI=1S/C11H17N5O/c1-14-11(17)9-7-8(3-5-15-9)16(2)6-4-10(12)13/h3,5,7H,4,6H2,1-2H3,(H3,12,13)(H,14,17). The van der Waals surface area contributed by atoms with E-state index < -0.39 is 0 Å². The number of nitrogens with one attached hydrogen (secondary N) is 2. The highest BCUT2D eigenvalue weighted by Crippen LogP contribution is 2.13. The summed E-state index contributed by atoms with van der Waals surface area (Å²) in [6.45, 7) is 0.631. The van der Waals surface area contributed by atoms with Gasteiger partial charge in [-0.1, -0.05) is 0 Å². The third-order valence-electron chi connectivity index (χ3n) is 2.36. The summed E-state index contributed by atoms with van der Waals surface area (Å²) in [5.74, 6) is -0.0655. The maximum absolute atomic E-state index is 11.4. The first-order valence-corrected chi connectivity index (χ1v) is 5.26. The Morgan fingerprint density at radius 3 is 2.94 bits per heavy atom. The van der Waals surface area contributed by atoms with Gasteiger partial charge in [-0.15, -0.1) is 0 Å². The number of hydrogen-bond acceptors (Lipinski definition) is 4. The number of anilines is 1. The molecule has 6 nitrogen and oxygen atoms in total. The van der Waals surface area contributed by atoms with Gasteiger partial charge < -0.3 is 16.0 Å². The zero-order valence-electron chi connectivity index (χ0n) is 10.0. The van der Waals surface area contributed by atoms with Crippen LogP contribution in [0, 0.1) is 5.41 Å². The van der Waals surface area contributed by atoms with Crippen LogP contribution in [-0.4, -0.2) is 37.4 Å². The molecule has 0 aliphatic heterocycles. The topological polar surface area (TPSA) is 95.1 Å². The molecule has 0 radical (unpaired) electrons. The first-order valence-electron chi connectivity index (χ1n) is 5.26. The molecule has 1 rings (SSSR count). The van der Waals surface area contributed by atoms with Gasteiger partial charge >= 0.3 is 0 Å². The largest absolute Gasteiger partial charge is 0.388 e. The third kappa shape index (κ3) is 3.75. The molecule has 0 aliphatic carbocycles. The van der Waals surface area contributed by atoms with Gasteiger partial charge in [-0.2, -0.15) is 0 Å². The Kier molecular flexibility index (Phi) is 4.45. The van der Waals surface area contributed by atoms with Crippen LogP contribution in [0.15, 0.2) is 18.3 Å². The number of pyridine rings is 1. The van der Waals surface area contributed by atoms with Gasteiger partial charge in [-0.05, 0) is 12.1 Å². The Balaban J connectivity index is 2.76. The van der Waals surface area contributed by atoms with Crippen LogP contribution in [0.3, 0.4) is 0 Å². The molecule has 0 saturated carbocycles. The highest BCUT2D eigenvalue weighted by molar-refractivity contribution is 5.92. The second kappa shape index (κ2) is 5.83. The fraction of sp³-hybridized carbons (Fsp3) is 0.364. The predicted octanol–water partition coefficient (Wildman–Crippen LogP) is 0.203. The van der Waals surface area contributed by atoms with Crippen LogP contribution in [0.4, 0.5) is 5.69 Å². The molecule has 0 aromatic carbocycles. The van der Waals surface area contributed by atoms with Crippen LogP contribution < -0.4 is 16.0 Å². The van der Waals surface area contributed by atoms with Crippen LogP contribution in [-0.2, 0) is 0 Å². The molecule has 1 aromatic heterocycles. The van der Waals surface area contributed by atoms with Crippen molar-refractivity contribution in [2.24, 2.45) is 5.73 Å². The van der Waals surface area contributed by atoms with Crippen LogP contribution in [0.5, 0.6) is 0 Å². The quantitative estimate of drug-likeness (QED) is 0.502. The molecule has 0 atom stereocenters. The van der Waals surface area contributed by atoms with E-state index in [1.165, 1.54) is 0 Å². The highest BCUT2D eigenvalue weighted by atomic mass is 16.1. The van der Waals surface area contributed by atoms with Crippen molar-refractivity contribution in [2.75, 3.05) is 25.5 Å². The summed E-state index contributed by atoms with van der Waals surface area (Å²) < 4.78 is 0. The Morgan fingerprint density at radius 2 is 2.35 bits per heavy atom. The molecule has 17 heavy (non-hydrogen) atoms. The van der Waals surface area contributed by atoms with Crippen molar-refractivity contribution in [3.05, 3.63) is 24.0 Å². The van der Waals surface area contributed by atoms with Crippen LogP contribution >= 0.6 is 0 Å². The van der Waals surface area contributed by atoms with E-state index in [-0.39, 0.29) is 11.7 Å². The second-order valence-corrected chi connectivity index (χ2v) is 3.68. The SMILES string of the molecule is CNC(=O)c1cc(N(C)CCC(=N)N)ccn1. The number of hydrogen-bond donors (Lipinski definition) is 3. The van der Waals surface area contributed by atoms with Crippen molar-refractivity contribution in [1.29, 1.82) is 5.41 Å². The predicted molar refractivity (Wildman–Crippen MR) is 67.4 cm³/mol. The second-order valence-electron chi connectivity index (χ2n) is 3.68. The normalized spacial score (nSPS) is 9.76. The first kappa shape index (κ1) is 13.0. The summed E-state index contributed by atoms with van der Waals surface area (Å²) in [5, 5.41) is 9.69. The van der Waals surface area contributed by atoms with E-state index in [1.54, 1.807) is 19.3 Å². The van der Waals surface area contributed by atoms with Crippen LogP contribution in [0.1, 0.15) is 16.9 Å². The lowest BCUT2D eigenvalue weighted by Gasteiger charge is -2.19. The minimum absolute atomic E-state index is 0.150. The summed E-state index contributed by atoms with van der Waals surface area (Å²) in [5.41, 5.74) is 6.55. The molecule has 0 saturated heterocycles. The molecule has 0 spiro atoms. The Labute approximate surface area is 100 Å². The van der Waals surface area contributed by atoms with E-state index in [4.69, 9.17) is 11.1 Å². The average Bonchev–Trinajstić information content (AvgIpc) is 2.35. The van der Waals surface area contributed by atoms with Crippen molar-refractivity contribution in [3.8, 4) is 0 Å². The molecule has 0 bridgehead atoms. The maximum atomic E-state index is 11.4. The number of amides is 1. The Hall–Kier alpha value is -2.11. The highest BCUT2D eigenvalue weighted by Gasteiger charge is 2.08. The van der Waals surface area contributed by atoms with Crippen molar-refractivity contribution in [2.45, 2.75) is 6.42 Å². The lowest BCUT2D eigenvalue weighted by Crippen LogP contribution is -2.25. The minimum Gasteiger partial charge on any atom is -0.388 e. The summed E-state index contributed by atoms with van der Waals surface area (Å²) in [4.78, 5) is 17.3. The molecule has 1 heterocycles. The number of amidine groups is 1. The molecule has 92 valence electrons. The number of rotatable bonds is 5. The van der Waals surface area contributed by atoms with Gasteiger partial charge in [0, 0.05) is 38.9 Å². The van der Waals surface area contributed by atoms with Gasteiger partial charge in [0.15, 0.2) is 0 Å². The van der Waals surface area contributed by atoms with Crippen molar-refractivity contribution in [3.63, 3.8) is 0 Å². The van der Waals surface area contributed by atoms with Gasteiger partial charge in [0.05, 0.1) is 5.84 Å². The number of carbonyl (C=O) groups excluding carboxylic acids is 1. The summed E-state index contributed by atoms with van der Waals surface area (Å²) in [6, 6.07) is 3.52. The Bertz CT molecular complexity index is 418. The number of nitrogens with zero attached hydrogens (tertiary/aromatic N) is 2. The maximum Gasteiger partial charge on any atom is 0.269 e. The van der Waals surface area contributed by atoms with Gasteiger partial charge in [-0.25, -0.2) is 0 Å². The van der Waals surface area contributed by atoms with E-state index in [2.05, 4.69) is 10.3 Å². The summed E-state index contributed by atoms with van der Waals surface area (Å²) in [7, 11) is 3.45. The number of carbonyl (C=O) groups is 1. The van der Waals surface area contributed by atoms with E-state index in [0.717, 1.165) is 5.69 Å². The molecule has 0 unspecified atom stereocenters. The first-order chi connectivity index (χ1) is 8.04. The molecular weight excluding hydrogens is 218 g/mol. The fourth-order valence-electron chi connectivity index (χ4n) is 1.33. The zero-order chi connectivity index (χ0) is 12.8. The molecular formula is C11H17N5O. The van der Waals surface area contributed by atoms with Crippen molar-refractivity contribution >= 4 is 17.4 Å². The zero-order valence-corrected chi connectivity index (χ0v) is 10.0. The molecule has 0 fully saturated rings. The van der Waals surface area contributed by atoms with E-state index in [0.29, 0.717) is 18.7 Å². The van der Waals surface area contributed by atoms with Gasteiger partial charge in [-0.3, -0.25) is 15.2 Å². The van der Waals surface area contributed by atoms with Crippen LogP contribution in [0.25, 0.3) is 0 Å². The average molecular weight is 235 g/mol. The van der Waals surface area contributed by atoms with Gasteiger partial charge in [0.25, 0.3) is 5.91 Å². The summed E-state index contributed by atoms with van der Waals surface area (Å²) in [6.07, 6.45) is 2.08. The van der Waals surface area contributed by atoms with Crippen molar-refractivity contribution in [1.82, 2.24) is 10.3 Å². The van der Waals surface area contributed by atoms with E-state index in [9.17, 15) is 4.79 Å². The summed E-state index contributed by atoms with van der Waals surface area (Å²) >= 11 is 0. The molecule has 1 aromatic rings. The van der Waals surface area contributed by atoms with Crippen LogP contribution in [0.2, 0.25) is 0 Å². The lowest BCUT2D eigenvalue weighted by molar-refractivity contribution is 0.0958. The molecule has 4 N–H and O–H groups in total. The smallest absolute Gasteiger partial charge is 0.269 e. The van der Waals surface area contributed by atoms with Gasteiger partial charge in [0.1, 0.15) is 5.69 Å². The lowest BCUT2D eigenvalue weighted by atomic mass is 10.2.